The molecule has 0 spiro atoms. The Morgan fingerprint density at radius 1 is 1.53 bits per heavy atom. The van der Waals surface area contributed by atoms with Crippen LogP contribution in [0.2, 0.25) is 0 Å². The Bertz CT molecular complexity index is 467. The van der Waals surface area contributed by atoms with Crippen LogP contribution in [0.5, 0.6) is 0 Å². The van der Waals surface area contributed by atoms with Crippen LogP contribution < -0.4 is 4.90 Å². The lowest BCUT2D eigenvalue weighted by molar-refractivity contribution is 0.0696. The minimum Gasteiger partial charge on any atom is -0.478 e. The molecule has 0 radical (unpaired) electrons. The van der Waals surface area contributed by atoms with Crippen molar-refractivity contribution in [2.45, 2.75) is 46.1 Å². The zero-order valence-corrected chi connectivity index (χ0v) is 11.9. The quantitative estimate of drug-likeness (QED) is 0.856. The average Bonchev–Trinajstić information content (AvgIpc) is 3.12. The number of pyridine rings is 1. The molecule has 1 saturated carbocycles. The van der Waals surface area contributed by atoms with Crippen molar-refractivity contribution in [3.05, 3.63) is 23.4 Å². The van der Waals surface area contributed by atoms with Gasteiger partial charge in [0, 0.05) is 18.8 Å². The third kappa shape index (κ3) is 3.25. The number of hydrogen-bond donors (Lipinski definition) is 1. The summed E-state index contributed by atoms with van der Waals surface area (Å²) >= 11 is 0. The number of anilines is 1. The molecule has 0 aliphatic heterocycles. The third-order valence-corrected chi connectivity index (χ3v) is 3.56. The van der Waals surface area contributed by atoms with Gasteiger partial charge < -0.3 is 10.0 Å². The molecule has 0 aromatic carbocycles. The number of aryl methyl sites for hydroxylation is 1. The van der Waals surface area contributed by atoms with E-state index in [2.05, 4.69) is 23.7 Å². The molecule has 0 amide bonds. The normalized spacial score (nSPS) is 14.7. The SMILES string of the molecule is Cc1ccnc(N(CCC(C)C)C2CC2)c1C(=O)O. The van der Waals surface area contributed by atoms with E-state index in [0.29, 0.717) is 23.3 Å². The third-order valence-electron chi connectivity index (χ3n) is 3.56. The highest BCUT2D eigenvalue weighted by Crippen LogP contribution is 2.33. The fourth-order valence-electron chi connectivity index (χ4n) is 2.27. The molecular weight excluding hydrogens is 240 g/mol. The first-order valence-corrected chi connectivity index (χ1v) is 6.96. The summed E-state index contributed by atoms with van der Waals surface area (Å²) in [6.45, 7) is 7.10. The summed E-state index contributed by atoms with van der Waals surface area (Å²) in [6.07, 6.45) is 5.06. The van der Waals surface area contributed by atoms with Crippen molar-refractivity contribution in [3.63, 3.8) is 0 Å². The molecule has 19 heavy (non-hydrogen) atoms. The smallest absolute Gasteiger partial charge is 0.339 e. The number of aromatic carboxylic acids is 1. The van der Waals surface area contributed by atoms with Crippen molar-refractivity contribution >= 4 is 11.8 Å². The van der Waals surface area contributed by atoms with Crippen molar-refractivity contribution in [3.8, 4) is 0 Å². The van der Waals surface area contributed by atoms with Gasteiger partial charge in [-0.1, -0.05) is 13.8 Å². The standard InChI is InChI=1S/C15H22N2O2/c1-10(2)7-9-17(12-4-5-12)14-13(15(18)19)11(3)6-8-16-14/h6,8,10,12H,4-5,7,9H2,1-3H3,(H,18,19). The molecule has 1 aromatic heterocycles. The molecule has 0 bridgehead atoms. The van der Waals surface area contributed by atoms with E-state index in [0.717, 1.165) is 31.4 Å². The number of carbonyl (C=O) groups is 1. The molecule has 0 atom stereocenters. The molecule has 1 heterocycles. The second kappa shape index (κ2) is 5.59. The van der Waals surface area contributed by atoms with Gasteiger partial charge in [0.25, 0.3) is 0 Å². The van der Waals surface area contributed by atoms with Crippen LogP contribution in [0.4, 0.5) is 5.82 Å². The Labute approximate surface area is 114 Å². The Hall–Kier alpha value is -1.58. The van der Waals surface area contributed by atoms with Gasteiger partial charge in [0.15, 0.2) is 0 Å². The van der Waals surface area contributed by atoms with Gasteiger partial charge in [0.05, 0.1) is 0 Å². The van der Waals surface area contributed by atoms with Crippen molar-refractivity contribution < 1.29 is 9.90 Å². The van der Waals surface area contributed by atoms with Gasteiger partial charge in [-0.05, 0) is 43.7 Å². The maximum atomic E-state index is 11.5. The van der Waals surface area contributed by atoms with Crippen LogP contribution in [-0.4, -0.2) is 28.6 Å². The monoisotopic (exact) mass is 262 g/mol. The predicted molar refractivity (Wildman–Crippen MR) is 75.8 cm³/mol. The van der Waals surface area contributed by atoms with E-state index >= 15 is 0 Å². The molecule has 104 valence electrons. The Kier molecular flexibility index (Phi) is 4.08. The van der Waals surface area contributed by atoms with E-state index in [4.69, 9.17) is 0 Å². The van der Waals surface area contributed by atoms with Crippen molar-refractivity contribution in [1.82, 2.24) is 4.98 Å². The number of carboxylic acids is 1. The Morgan fingerprint density at radius 3 is 2.74 bits per heavy atom. The van der Waals surface area contributed by atoms with Gasteiger partial charge in [0.1, 0.15) is 11.4 Å². The van der Waals surface area contributed by atoms with E-state index in [1.807, 2.05) is 6.92 Å². The molecular formula is C15H22N2O2. The highest BCUT2D eigenvalue weighted by Gasteiger charge is 2.32. The van der Waals surface area contributed by atoms with Gasteiger partial charge in [0.2, 0.25) is 0 Å². The van der Waals surface area contributed by atoms with Crippen molar-refractivity contribution in [1.29, 1.82) is 0 Å². The molecule has 1 aliphatic rings. The lowest BCUT2D eigenvalue weighted by Gasteiger charge is -2.26. The number of rotatable bonds is 6. The first kappa shape index (κ1) is 13.8. The summed E-state index contributed by atoms with van der Waals surface area (Å²) in [7, 11) is 0. The average molecular weight is 262 g/mol. The molecule has 1 aromatic rings. The van der Waals surface area contributed by atoms with Gasteiger partial charge in [-0.2, -0.15) is 0 Å². The Morgan fingerprint density at radius 2 is 2.21 bits per heavy atom. The molecule has 4 heteroatoms. The highest BCUT2D eigenvalue weighted by molar-refractivity contribution is 5.95. The zero-order valence-electron chi connectivity index (χ0n) is 11.9. The molecule has 1 N–H and O–H groups in total. The molecule has 0 saturated heterocycles. The van der Waals surface area contributed by atoms with Crippen molar-refractivity contribution in [2.75, 3.05) is 11.4 Å². The van der Waals surface area contributed by atoms with Crippen molar-refractivity contribution in [2.24, 2.45) is 5.92 Å². The summed E-state index contributed by atoms with van der Waals surface area (Å²) in [5.41, 5.74) is 1.14. The molecule has 4 nitrogen and oxygen atoms in total. The van der Waals surface area contributed by atoms with E-state index in [9.17, 15) is 9.90 Å². The first-order valence-electron chi connectivity index (χ1n) is 6.96. The Balaban J connectivity index is 2.31. The first-order chi connectivity index (χ1) is 9.00. The molecule has 0 unspecified atom stereocenters. The summed E-state index contributed by atoms with van der Waals surface area (Å²) in [4.78, 5) is 18.0. The summed E-state index contributed by atoms with van der Waals surface area (Å²) in [5.74, 6) is 0.380. The van der Waals surface area contributed by atoms with Crippen LogP contribution in [-0.2, 0) is 0 Å². The van der Waals surface area contributed by atoms with Gasteiger partial charge in [-0.3, -0.25) is 0 Å². The van der Waals surface area contributed by atoms with E-state index in [1.54, 1.807) is 12.3 Å². The van der Waals surface area contributed by atoms with Crippen LogP contribution in [0.25, 0.3) is 0 Å². The number of hydrogen-bond acceptors (Lipinski definition) is 3. The summed E-state index contributed by atoms with van der Waals surface area (Å²) < 4.78 is 0. The summed E-state index contributed by atoms with van der Waals surface area (Å²) in [5, 5.41) is 9.41. The van der Waals surface area contributed by atoms with E-state index in [1.165, 1.54) is 0 Å². The van der Waals surface area contributed by atoms with Crippen LogP contribution in [0.15, 0.2) is 12.3 Å². The maximum absolute atomic E-state index is 11.5. The fourth-order valence-corrected chi connectivity index (χ4v) is 2.27. The topological polar surface area (TPSA) is 53.4 Å². The second-order valence-electron chi connectivity index (χ2n) is 5.74. The predicted octanol–water partition coefficient (Wildman–Crippen LogP) is 3.10. The highest BCUT2D eigenvalue weighted by atomic mass is 16.4. The number of nitrogens with zero attached hydrogens (tertiary/aromatic N) is 2. The molecule has 2 rings (SSSR count). The van der Waals surface area contributed by atoms with Crippen LogP contribution >= 0.6 is 0 Å². The van der Waals surface area contributed by atoms with Gasteiger partial charge in [-0.25, -0.2) is 9.78 Å². The largest absolute Gasteiger partial charge is 0.478 e. The fraction of sp³-hybridized carbons (Fsp3) is 0.600. The number of carboxylic acid groups (broad SMARTS) is 1. The summed E-state index contributed by atoms with van der Waals surface area (Å²) in [6, 6.07) is 2.24. The van der Waals surface area contributed by atoms with Gasteiger partial charge in [-0.15, -0.1) is 0 Å². The van der Waals surface area contributed by atoms with Crippen LogP contribution in [0, 0.1) is 12.8 Å². The lowest BCUT2D eigenvalue weighted by atomic mass is 10.1. The van der Waals surface area contributed by atoms with E-state index < -0.39 is 5.97 Å². The second-order valence-corrected chi connectivity index (χ2v) is 5.74. The van der Waals surface area contributed by atoms with Crippen LogP contribution in [0.3, 0.4) is 0 Å². The van der Waals surface area contributed by atoms with Crippen LogP contribution in [0.1, 0.15) is 49.0 Å². The zero-order chi connectivity index (χ0) is 14.0. The maximum Gasteiger partial charge on any atom is 0.339 e. The minimum atomic E-state index is -0.879. The molecule has 1 fully saturated rings. The number of aromatic nitrogens is 1. The van der Waals surface area contributed by atoms with Gasteiger partial charge >= 0.3 is 5.97 Å². The van der Waals surface area contributed by atoms with E-state index in [-0.39, 0.29) is 0 Å². The minimum absolute atomic E-state index is 0.359. The lowest BCUT2D eigenvalue weighted by Crippen LogP contribution is -2.30. The molecule has 1 aliphatic carbocycles.